The van der Waals surface area contributed by atoms with Gasteiger partial charge in [-0.1, -0.05) is 12.2 Å². The summed E-state index contributed by atoms with van der Waals surface area (Å²) < 4.78 is 18.5. The zero-order chi connectivity index (χ0) is 17.6. The lowest BCUT2D eigenvalue weighted by Gasteiger charge is -2.20. The first-order chi connectivity index (χ1) is 12.0. The van der Waals surface area contributed by atoms with Crippen molar-refractivity contribution in [2.24, 2.45) is 11.8 Å². The van der Waals surface area contributed by atoms with E-state index >= 15 is 0 Å². The van der Waals surface area contributed by atoms with Crippen LogP contribution in [0.3, 0.4) is 0 Å². The second kappa shape index (κ2) is 6.05. The Bertz CT molecular complexity index is 864. The maximum Gasteiger partial charge on any atom is 0.310 e. The number of carboxylic acids is 1. The summed E-state index contributed by atoms with van der Waals surface area (Å²) >= 11 is 1.22. The van der Waals surface area contributed by atoms with Crippen LogP contribution >= 0.6 is 11.3 Å². The van der Waals surface area contributed by atoms with Crippen LogP contribution in [0.4, 0.5) is 9.52 Å². The Morgan fingerprint density at radius 2 is 1.84 bits per heavy atom. The van der Waals surface area contributed by atoms with Gasteiger partial charge in [0.15, 0.2) is 5.13 Å². The summed E-state index contributed by atoms with van der Waals surface area (Å²) in [4.78, 5) is 28.3. The van der Waals surface area contributed by atoms with Crippen molar-refractivity contribution in [1.82, 2.24) is 4.98 Å². The van der Waals surface area contributed by atoms with Crippen LogP contribution in [0.2, 0.25) is 0 Å². The zero-order valence-corrected chi connectivity index (χ0v) is 13.6. The molecular formula is C17H13FN2O4S. The number of nitrogens with one attached hydrogen (secondary N) is 1. The van der Waals surface area contributed by atoms with Crippen molar-refractivity contribution >= 4 is 28.3 Å². The molecule has 0 unspecified atom stereocenters. The standard InChI is InChI=1S/C17H13FN2O4S/c18-9-3-1-8(2-4-9)10-7-25-17(19-10)20-15(21)13-11-5-6-12(24-11)14(13)16(22)23/h1-7,11-14H,(H,22,23)(H,19,20,21)/t11-,12-,13-,14-/m0/s1. The quantitative estimate of drug-likeness (QED) is 0.818. The van der Waals surface area contributed by atoms with Gasteiger partial charge in [-0.3, -0.25) is 9.59 Å². The summed E-state index contributed by atoms with van der Waals surface area (Å²) in [6, 6.07) is 5.88. The number of rotatable bonds is 4. The van der Waals surface area contributed by atoms with Crippen molar-refractivity contribution in [3.05, 3.63) is 47.6 Å². The molecule has 2 N–H and O–H groups in total. The molecule has 1 amide bonds. The van der Waals surface area contributed by atoms with Gasteiger partial charge in [0.1, 0.15) is 11.7 Å². The molecule has 1 saturated heterocycles. The lowest BCUT2D eigenvalue weighted by Crippen LogP contribution is -2.39. The molecule has 4 rings (SSSR count). The van der Waals surface area contributed by atoms with Gasteiger partial charge in [-0.2, -0.15) is 0 Å². The highest BCUT2D eigenvalue weighted by atomic mass is 32.1. The SMILES string of the molecule is O=C(O)[C@@H]1[C@@H](C(=O)Nc2nc(-c3ccc(F)cc3)cs2)[C@@H]2C=C[C@@H]1O2. The Hall–Kier alpha value is -2.58. The minimum Gasteiger partial charge on any atom is -0.481 e. The molecule has 8 heteroatoms. The molecule has 1 aromatic heterocycles. The van der Waals surface area contributed by atoms with Gasteiger partial charge in [0.25, 0.3) is 0 Å². The molecule has 0 radical (unpaired) electrons. The van der Waals surface area contributed by atoms with Gasteiger partial charge in [-0.05, 0) is 24.3 Å². The fourth-order valence-corrected chi connectivity index (χ4v) is 3.91. The molecule has 0 saturated carbocycles. The van der Waals surface area contributed by atoms with E-state index in [4.69, 9.17) is 4.74 Å². The van der Waals surface area contributed by atoms with Gasteiger partial charge >= 0.3 is 5.97 Å². The van der Waals surface area contributed by atoms with Crippen molar-refractivity contribution in [2.75, 3.05) is 5.32 Å². The second-order valence-corrected chi connectivity index (χ2v) is 6.73. The van der Waals surface area contributed by atoms with E-state index in [0.717, 1.165) is 5.56 Å². The molecule has 3 heterocycles. The number of ether oxygens (including phenoxy) is 1. The number of aromatic nitrogens is 1. The maximum absolute atomic E-state index is 13.0. The molecule has 2 aromatic rings. The van der Waals surface area contributed by atoms with Gasteiger partial charge in [0.2, 0.25) is 5.91 Å². The Morgan fingerprint density at radius 1 is 1.16 bits per heavy atom. The van der Waals surface area contributed by atoms with Crippen LogP contribution in [0.15, 0.2) is 41.8 Å². The summed E-state index contributed by atoms with van der Waals surface area (Å²) in [6.07, 6.45) is 2.32. The first kappa shape index (κ1) is 15.9. The number of carbonyl (C=O) groups is 2. The largest absolute Gasteiger partial charge is 0.481 e. The van der Waals surface area contributed by atoms with Gasteiger partial charge in [0, 0.05) is 10.9 Å². The summed E-state index contributed by atoms with van der Waals surface area (Å²) in [5, 5.41) is 14.1. The molecule has 2 bridgehead atoms. The van der Waals surface area contributed by atoms with Gasteiger partial charge < -0.3 is 15.2 Å². The van der Waals surface area contributed by atoms with Crippen LogP contribution in [0, 0.1) is 17.7 Å². The zero-order valence-electron chi connectivity index (χ0n) is 12.8. The van der Waals surface area contributed by atoms with Crippen LogP contribution in [-0.4, -0.2) is 34.2 Å². The fraction of sp³-hybridized carbons (Fsp3) is 0.235. The van der Waals surface area contributed by atoms with E-state index in [1.165, 1.54) is 23.5 Å². The van der Waals surface area contributed by atoms with Crippen LogP contribution in [0.5, 0.6) is 0 Å². The number of aliphatic carboxylic acids is 1. The third kappa shape index (κ3) is 2.83. The van der Waals surface area contributed by atoms with E-state index in [2.05, 4.69) is 10.3 Å². The number of fused-ring (bicyclic) bond motifs is 2. The van der Waals surface area contributed by atoms with Gasteiger partial charge in [0.05, 0.1) is 23.8 Å². The van der Waals surface area contributed by atoms with Crippen molar-refractivity contribution < 1.29 is 23.8 Å². The Balaban J connectivity index is 1.51. The number of carboxylic acid groups (broad SMARTS) is 1. The number of benzene rings is 1. The van der Waals surface area contributed by atoms with Crippen LogP contribution < -0.4 is 5.32 Å². The van der Waals surface area contributed by atoms with E-state index in [1.807, 2.05) is 0 Å². The molecule has 1 fully saturated rings. The van der Waals surface area contributed by atoms with Crippen molar-refractivity contribution in [1.29, 1.82) is 0 Å². The van der Waals surface area contributed by atoms with E-state index in [1.54, 1.807) is 29.7 Å². The van der Waals surface area contributed by atoms with E-state index in [0.29, 0.717) is 10.8 Å². The number of amides is 1. The normalized spacial score (nSPS) is 26.8. The molecular weight excluding hydrogens is 347 g/mol. The second-order valence-electron chi connectivity index (χ2n) is 5.87. The number of thiazole rings is 1. The molecule has 2 aliphatic rings. The van der Waals surface area contributed by atoms with Crippen molar-refractivity contribution in [2.45, 2.75) is 12.2 Å². The molecule has 0 aliphatic carbocycles. The summed E-state index contributed by atoms with van der Waals surface area (Å²) in [5.74, 6) is -3.50. The molecule has 0 spiro atoms. The number of carbonyl (C=O) groups excluding carboxylic acids is 1. The third-order valence-electron chi connectivity index (χ3n) is 4.36. The molecule has 6 nitrogen and oxygen atoms in total. The maximum atomic E-state index is 13.0. The third-order valence-corrected chi connectivity index (χ3v) is 5.12. The number of halogens is 1. The van der Waals surface area contributed by atoms with Crippen LogP contribution in [0.1, 0.15) is 0 Å². The Labute approximate surface area is 146 Å². The first-order valence-electron chi connectivity index (χ1n) is 7.62. The average molecular weight is 360 g/mol. The lowest BCUT2D eigenvalue weighted by atomic mass is 9.82. The van der Waals surface area contributed by atoms with Crippen molar-refractivity contribution in [3.8, 4) is 11.3 Å². The predicted octanol–water partition coefficient (Wildman–Crippen LogP) is 2.54. The van der Waals surface area contributed by atoms with Crippen LogP contribution in [-0.2, 0) is 14.3 Å². The Kier molecular flexibility index (Phi) is 3.85. The van der Waals surface area contributed by atoms with Gasteiger partial charge in [-0.15, -0.1) is 11.3 Å². The van der Waals surface area contributed by atoms with Crippen LogP contribution in [0.25, 0.3) is 11.3 Å². The monoisotopic (exact) mass is 360 g/mol. The minimum atomic E-state index is -1.05. The topological polar surface area (TPSA) is 88.5 Å². The number of hydrogen-bond acceptors (Lipinski definition) is 5. The van der Waals surface area contributed by atoms with E-state index < -0.39 is 35.9 Å². The van der Waals surface area contributed by atoms with Gasteiger partial charge in [-0.25, -0.2) is 9.37 Å². The molecule has 25 heavy (non-hydrogen) atoms. The highest BCUT2D eigenvalue weighted by Gasteiger charge is 2.53. The van der Waals surface area contributed by atoms with E-state index in [9.17, 15) is 19.1 Å². The number of nitrogens with zero attached hydrogens (tertiary/aromatic N) is 1. The summed E-state index contributed by atoms with van der Waals surface area (Å²) in [5.41, 5.74) is 1.34. The average Bonchev–Trinajstić information content (AvgIpc) is 3.30. The molecule has 4 atom stereocenters. The Morgan fingerprint density at radius 3 is 2.52 bits per heavy atom. The highest BCUT2D eigenvalue weighted by molar-refractivity contribution is 7.14. The van der Waals surface area contributed by atoms with Crippen molar-refractivity contribution in [3.63, 3.8) is 0 Å². The lowest BCUT2D eigenvalue weighted by molar-refractivity contribution is -0.145. The molecule has 2 aliphatic heterocycles. The predicted molar refractivity (Wildman–Crippen MR) is 88.6 cm³/mol. The molecule has 1 aromatic carbocycles. The minimum absolute atomic E-state index is 0.337. The number of hydrogen-bond donors (Lipinski definition) is 2. The summed E-state index contributed by atoms with van der Waals surface area (Å²) in [6.45, 7) is 0. The number of anilines is 1. The highest BCUT2D eigenvalue weighted by Crippen LogP contribution is 2.40. The smallest absolute Gasteiger partial charge is 0.310 e. The first-order valence-corrected chi connectivity index (χ1v) is 8.50. The van der Waals surface area contributed by atoms with E-state index in [-0.39, 0.29) is 5.82 Å². The summed E-state index contributed by atoms with van der Waals surface area (Å²) in [7, 11) is 0. The molecule has 128 valence electrons. The fourth-order valence-electron chi connectivity index (χ4n) is 3.19.